The smallest absolute Gasteiger partial charge is 0.254 e. The van der Waals surface area contributed by atoms with Gasteiger partial charge < -0.3 is 20.1 Å². The highest BCUT2D eigenvalue weighted by Crippen LogP contribution is 2.36. The zero-order chi connectivity index (χ0) is 25.8. The van der Waals surface area contributed by atoms with Gasteiger partial charge in [-0.05, 0) is 50.6 Å². The van der Waals surface area contributed by atoms with Crippen molar-refractivity contribution in [3.8, 4) is 28.5 Å². The Morgan fingerprint density at radius 3 is 2.54 bits per heavy atom. The van der Waals surface area contributed by atoms with E-state index in [9.17, 15) is 4.39 Å². The summed E-state index contributed by atoms with van der Waals surface area (Å²) in [5.74, 6) is 1.13. The Labute approximate surface area is 218 Å². The quantitative estimate of drug-likeness (QED) is 0.272. The number of hydrogen-bond donors (Lipinski definition) is 1. The van der Waals surface area contributed by atoms with Crippen molar-refractivity contribution in [1.82, 2.24) is 19.7 Å². The van der Waals surface area contributed by atoms with Gasteiger partial charge in [-0.15, -0.1) is 11.3 Å². The molecule has 2 N–H and O–H groups in total. The van der Waals surface area contributed by atoms with Crippen molar-refractivity contribution in [1.29, 1.82) is 0 Å². The summed E-state index contributed by atoms with van der Waals surface area (Å²) >= 11 is 1.53. The molecule has 1 saturated heterocycles. The minimum Gasteiger partial charge on any atom is -0.488 e. The monoisotopic (exact) mass is 518 g/mol. The fraction of sp³-hybridized carbons (Fsp3) is 0.296. The number of thiazole rings is 1. The van der Waals surface area contributed by atoms with Gasteiger partial charge in [-0.25, -0.2) is 14.2 Å². The van der Waals surface area contributed by atoms with Gasteiger partial charge in [0.15, 0.2) is 0 Å². The molecule has 10 heteroatoms. The van der Waals surface area contributed by atoms with Crippen molar-refractivity contribution in [3.63, 3.8) is 0 Å². The molecule has 37 heavy (non-hydrogen) atoms. The Morgan fingerprint density at radius 2 is 1.84 bits per heavy atom. The molecule has 0 saturated carbocycles. The summed E-state index contributed by atoms with van der Waals surface area (Å²) in [4.78, 5) is 11.2. The van der Waals surface area contributed by atoms with Gasteiger partial charge >= 0.3 is 0 Å². The predicted molar refractivity (Wildman–Crippen MR) is 142 cm³/mol. The predicted octanol–water partition coefficient (Wildman–Crippen LogP) is 6.05. The van der Waals surface area contributed by atoms with Crippen LogP contribution in [-0.2, 0) is 13.2 Å². The third-order valence-electron chi connectivity index (χ3n) is 6.16. The maximum Gasteiger partial charge on any atom is 0.254 e. The van der Waals surface area contributed by atoms with E-state index >= 15 is 0 Å². The molecule has 5 rings (SSSR count). The minimum absolute atomic E-state index is 0.306. The molecule has 0 radical (unpaired) electrons. The van der Waals surface area contributed by atoms with Gasteiger partial charge in [0.1, 0.15) is 41.2 Å². The molecular weight excluding hydrogens is 491 g/mol. The second-order valence-electron chi connectivity index (χ2n) is 8.85. The van der Waals surface area contributed by atoms with Gasteiger partial charge in [-0.3, -0.25) is 4.68 Å². The van der Waals surface area contributed by atoms with E-state index in [1.54, 1.807) is 29.1 Å². The number of ether oxygens (including phenoxy) is 2. The van der Waals surface area contributed by atoms with Crippen LogP contribution in [0.3, 0.4) is 0 Å². The van der Waals surface area contributed by atoms with Crippen LogP contribution in [0.1, 0.15) is 22.7 Å². The molecule has 8 nitrogen and oxygen atoms in total. The van der Waals surface area contributed by atoms with Gasteiger partial charge in [-0.1, -0.05) is 12.1 Å². The van der Waals surface area contributed by atoms with E-state index in [0.717, 1.165) is 35.1 Å². The van der Waals surface area contributed by atoms with Crippen molar-refractivity contribution in [3.05, 3.63) is 75.8 Å². The molecule has 3 heterocycles. The summed E-state index contributed by atoms with van der Waals surface area (Å²) in [6, 6.07) is 11.4. The van der Waals surface area contributed by atoms with E-state index in [1.807, 2.05) is 19.1 Å². The number of aromatic nitrogens is 3. The summed E-state index contributed by atoms with van der Waals surface area (Å²) in [6.07, 6.45) is 4.19. The summed E-state index contributed by atoms with van der Waals surface area (Å²) in [5, 5.41) is 5.59. The number of rotatable bonds is 9. The van der Waals surface area contributed by atoms with E-state index in [-0.39, 0.29) is 0 Å². The molecule has 2 aromatic carbocycles. The molecule has 1 aliphatic heterocycles. The van der Waals surface area contributed by atoms with E-state index in [4.69, 9.17) is 21.8 Å². The zero-order valence-electron chi connectivity index (χ0n) is 20.5. The number of nitrogens with two attached hydrogens (primary N) is 1. The van der Waals surface area contributed by atoms with Crippen LogP contribution in [0.25, 0.3) is 16.1 Å². The van der Waals surface area contributed by atoms with Gasteiger partial charge in [-0.2, -0.15) is 5.10 Å². The SMILES string of the molecule is [C-]#[N+]c1c(-c2ccc(Oc3cc(F)cc(OCc4cnc(C)s4)c3)cc2)nn(CCN2CCCC2)c1N. The highest BCUT2D eigenvalue weighted by atomic mass is 32.1. The first kappa shape index (κ1) is 24.7. The first-order valence-corrected chi connectivity index (χ1v) is 12.9. The van der Waals surface area contributed by atoms with E-state index in [2.05, 4.69) is 19.8 Å². The lowest BCUT2D eigenvalue weighted by molar-refractivity contribution is 0.306. The highest BCUT2D eigenvalue weighted by molar-refractivity contribution is 7.11. The fourth-order valence-electron chi connectivity index (χ4n) is 4.31. The van der Waals surface area contributed by atoms with E-state index in [0.29, 0.717) is 47.6 Å². The number of nitrogens with zero attached hydrogens (tertiary/aromatic N) is 5. The Morgan fingerprint density at radius 1 is 1.08 bits per heavy atom. The first-order chi connectivity index (χ1) is 18.0. The van der Waals surface area contributed by atoms with Crippen LogP contribution in [0.15, 0.2) is 48.7 Å². The average molecular weight is 519 g/mol. The van der Waals surface area contributed by atoms with E-state index in [1.165, 1.54) is 36.3 Å². The maximum absolute atomic E-state index is 14.2. The van der Waals surface area contributed by atoms with Crippen LogP contribution in [0.2, 0.25) is 0 Å². The molecular formula is C27H27FN6O2S. The van der Waals surface area contributed by atoms with Crippen molar-refractivity contribution in [2.24, 2.45) is 0 Å². The molecule has 1 aliphatic rings. The molecule has 0 bridgehead atoms. The number of likely N-dealkylation sites (tertiary alicyclic amines) is 1. The Balaban J connectivity index is 1.28. The van der Waals surface area contributed by atoms with E-state index < -0.39 is 5.82 Å². The lowest BCUT2D eigenvalue weighted by Crippen LogP contribution is -2.24. The lowest BCUT2D eigenvalue weighted by atomic mass is 10.1. The van der Waals surface area contributed by atoms with Crippen molar-refractivity contribution < 1.29 is 13.9 Å². The second-order valence-corrected chi connectivity index (χ2v) is 10.2. The minimum atomic E-state index is -0.457. The number of aryl methyl sites for hydroxylation is 1. The molecule has 1 fully saturated rings. The van der Waals surface area contributed by atoms with Crippen molar-refractivity contribution in [2.45, 2.75) is 32.9 Å². The zero-order valence-corrected chi connectivity index (χ0v) is 21.3. The third kappa shape index (κ3) is 5.90. The topological polar surface area (TPSA) is 82.8 Å². The summed E-state index contributed by atoms with van der Waals surface area (Å²) in [6.45, 7) is 13.5. The van der Waals surface area contributed by atoms with Crippen LogP contribution in [-0.4, -0.2) is 39.3 Å². The fourth-order valence-corrected chi connectivity index (χ4v) is 5.01. The lowest BCUT2D eigenvalue weighted by Gasteiger charge is -2.14. The number of nitrogen functional groups attached to an aromatic ring is 1. The van der Waals surface area contributed by atoms with Gasteiger partial charge in [0.25, 0.3) is 5.69 Å². The molecule has 0 spiro atoms. The third-order valence-corrected chi connectivity index (χ3v) is 7.05. The van der Waals surface area contributed by atoms with Crippen LogP contribution in [0.4, 0.5) is 15.9 Å². The van der Waals surface area contributed by atoms with Crippen LogP contribution in [0.5, 0.6) is 17.2 Å². The molecule has 0 amide bonds. The molecule has 0 atom stereocenters. The standard InChI is InChI=1S/C27H27FN6O2S/c1-18-31-16-24(37-18)17-35-22-13-20(28)14-23(15-22)36-21-7-5-19(6-8-21)25-26(30-2)27(29)34(32-25)12-11-33-9-3-4-10-33/h5-8,13-16H,3-4,9-12,17,29H2,1H3. The molecule has 0 aliphatic carbocycles. The summed E-state index contributed by atoms with van der Waals surface area (Å²) in [5.41, 5.74) is 7.90. The van der Waals surface area contributed by atoms with Crippen molar-refractivity contribution >= 4 is 22.8 Å². The molecule has 4 aromatic rings. The van der Waals surface area contributed by atoms with Crippen molar-refractivity contribution in [2.75, 3.05) is 25.4 Å². The van der Waals surface area contributed by atoms with Crippen LogP contribution >= 0.6 is 11.3 Å². The van der Waals surface area contributed by atoms with Crippen LogP contribution < -0.4 is 15.2 Å². The summed E-state index contributed by atoms with van der Waals surface area (Å²) < 4.78 is 27.5. The molecule has 2 aromatic heterocycles. The van der Waals surface area contributed by atoms with Gasteiger partial charge in [0.2, 0.25) is 0 Å². The van der Waals surface area contributed by atoms with Gasteiger partial charge in [0, 0.05) is 30.9 Å². The Hall–Kier alpha value is -3.94. The largest absolute Gasteiger partial charge is 0.488 e. The molecule has 0 unspecified atom stereocenters. The van der Waals surface area contributed by atoms with Crippen LogP contribution in [0, 0.1) is 19.3 Å². The second kappa shape index (κ2) is 11.0. The molecule has 190 valence electrons. The number of hydrogen-bond acceptors (Lipinski definition) is 7. The number of halogens is 1. The van der Waals surface area contributed by atoms with Gasteiger partial charge in [0.05, 0.1) is 23.0 Å². The number of anilines is 1. The average Bonchev–Trinajstić information content (AvgIpc) is 3.62. The normalized spacial score (nSPS) is 13.5. The first-order valence-electron chi connectivity index (χ1n) is 12.1. The highest BCUT2D eigenvalue weighted by Gasteiger charge is 2.19. The maximum atomic E-state index is 14.2. The summed E-state index contributed by atoms with van der Waals surface area (Å²) in [7, 11) is 0. The Kier molecular flexibility index (Phi) is 7.35. The number of benzene rings is 2. The Bertz CT molecular complexity index is 1420.